The maximum Gasteiger partial charge on any atom is 0.241 e. The van der Waals surface area contributed by atoms with E-state index < -0.39 is 16.4 Å². The quantitative estimate of drug-likeness (QED) is 0.374. The summed E-state index contributed by atoms with van der Waals surface area (Å²) in [5.74, 6) is 0. The van der Waals surface area contributed by atoms with Crippen LogP contribution >= 0.6 is 0 Å². The van der Waals surface area contributed by atoms with Crippen LogP contribution in [0.3, 0.4) is 0 Å². The third kappa shape index (κ3) is 4.82. The fourth-order valence-electron chi connectivity index (χ4n) is 2.56. The number of rotatable bonds is 6. The molecule has 126 valence electrons. The Morgan fingerprint density at radius 3 is 1.83 bits per heavy atom. The predicted octanol–water partition coefficient (Wildman–Crippen LogP) is 5.59. The normalized spacial score (nSPS) is 12.8. The summed E-state index contributed by atoms with van der Waals surface area (Å²) in [6, 6.07) is 21.1. The average molecular weight is 353 g/mol. The summed E-state index contributed by atoms with van der Waals surface area (Å²) in [5.41, 5.74) is 2.16. The first-order chi connectivity index (χ1) is 11.2. The van der Waals surface area contributed by atoms with Crippen molar-refractivity contribution in [1.29, 1.82) is 0 Å². The molecule has 0 aliphatic carbocycles. The van der Waals surface area contributed by atoms with Crippen molar-refractivity contribution >= 4 is 27.2 Å². The molecule has 2 rings (SSSR count). The molecule has 2 aromatic carbocycles. The highest BCUT2D eigenvalue weighted by Gasteiger charge is 2.33. The van der Waals surface area contributed by atoms with Gasteiger partial charge >= 0.3 is 0 Å². The third-order valence-electron chi connectivity index (χ3n) is 3.98. The zero-order valence-corrected chi connectivity index (χ0v) is 17.5. The first-order valence-electron chi connectivity index (χ1n) is 8.41. The number of allylic oxidation sites excluding steroid dienone is 2. The van der Waals surface area contributed by atoms with Gasteiger partial charge < -0.3 is 4.43 Å². The van der Waals surface area contributed by atoms with E-state index in [1.807, 2.05) is 18.2 Å². The minimum atomic E-state index is -1.90. The Kier molecular flexibility index (Phi) is 5.68. The Balaban J connectivity index is 2.45. The van der Waals surface area contributed by atoms with Crippen LogP contribution in [0.15, 0.2) is 78.7 Å². The lowest BCUT2D eigenvalue weighted by atomic mass is 10.1. The monoisotopic (exact) mass is 352 g/mol. The summed E-state index contributed by atoms with van der Waals surface area (Å²) in [7, 11) is -3.61. The molecule has 0 fully saturated rings. The summed E-state index contributed by atoms with van der Waals surface area (Å²) in [6.45, 7) is 15.7. The molecule has 0 amide bonds. The summed E-state index contributed by atoms with van der Waals surface area (Å²) >= 11 is 0. The van der Waals surface area contributed by atoms with Crippen molar-refractivity contribution in [2.24, 2.45) is 0 Å². The van der Waals surface area contributed by atoms with Gasteiger partial charge in [-0.2, -0.15) is 0 Å². The molecule has 0 saturated carbocycles. The molecule has 0 heterocycles. The Bertz CT molecular complexity index is 711. The minimum Gasteiger partial charge on any atom is -0.551 e. The van der Waals surface area contributed by atoms with Gasteiger partial charge in [0.05, 0.1) is 5.38 Å². The summed E-state index contributed by atoms with van der Waals surface area (Å²) in [6.07, 6.45) is 2.17. The van der Waals surface area contributed by atoms with Crippen molar-refractivity contribution in [3.8, 4) is 0 Å². The fraction of sp³-hybridized carbons (Fsp3) is 0.238. The SMILES string of the molecule is C=C(/C=C(/O[Si](C)(C)C)[Si](C)(C)c1ccccc1)c1ccccc1. The van der Waals surface area contributed by atoms with E-state index in [9.17, 15) is 0 Å². The van der Waals surface area contributed by atoms with E-state index in [2.05, 4.69) is 87.9 Å². The highest BCUT2D eigenvalue weighted by atomic mass is 28.4. The third-order valence-corrected chi connectivity index (χ3v) is 8.27. The fourth-order valence-corrected chi connectivity index (χ4v) is 7.06. The van der Waals surface area contributed by atoms with E-state index in [0.717, 1.165) is 16.5 Å². The highest BCUT2D eigenvalue weighted by molar-refractivity contribution is 6.96. The molecule has 0 unspecified atom stereocenters. The number of hydrogen-bond donors (Lipinski definition) is 0. The van der Waals surface area contributed by atoms with Crippen LogP contribution in [0.2, 0.25) is 32.7 Å². The van der Waals surface area contributed by atoms with Crippen molar-refractivity contribution < 1.29 is 4.43 Å². The molecular weight excluding hydrogens is 324 g/mol. The first-order valence-corrected chi connectivity index (χ1v) is 14.8. The van der Waals surface area contributed by atoms with Gasteiger partial charge in [0.25, 0.3) is 0 Å². The lowest BCUT2D eigenvalue weighted by Crippen LogP contribution is -2.47. The Hall–Kier alpha value is -1.85. The molecule has 1 nitrogen and oxygen atoms in total. The van der Waals surface area contributed by atoms with Gasteiger partial charge in [-0.25, -0.2) is 0 Å². The van der Waals surface area contributed by atoms with Gasteiger partial charge in [-0.05, 0) is 36.9 Å². The van der Waals surface area contributed by atoms with Gasteiger partial charge in [0.15, 0.2) is 8.07 Å². The average Bonchev–Trinajstić information content (AvgIpc) is 2.54. The Labute approximate surface area is 148 Å². The van der Waals surface area contributed by atoms with Crippen LogP contribution in [-0.2, 0) is 4.43 Å². The maximum absolute atomic E-state index is 6.55. The van der Waals surface area contributed by atoms with Gasteiger partial charge in [0, 0.05) is 0 Å². The molecule has 0 atom stereocenters. The number of benzene rings is 2. The highest BCUT2D eigenvalue weighted by Crippen LogP contribution is 2.25. The van der Waals surface area contributed by atoms with Crippen LogP contribution in [-0.4, -0.2) is 16.4 Å². The van der Waals surface area contributed by atoms with E-state index >= 15 is 0 Å². The van der Waals surface area contributed by atoms with Crippen molar-refractivity contribution in [3.63, 3.8) is 0 Å². The standard InChI is InChI=1S/C21H28OSi2/c1-18(19-13-9-7-10-14-19)17-21(22-23(2,3)4)24(5,6)20-15-11-8-12-16-20/h7-17H,1H2,2-6H3/b21-17-. The van der Waals surface area contributed by atoms with E-state index in [4.69, 9.17) is 4.43 Å². The molecule has 0 bridgehead atoms. The lowest BCUT2D eigenvalue weighted by Gasteiger charge is -2.32. The van der Waals surface area contributed by atoms with Crippen LogP contribution in [0, 0.1) is 0 Å². The van der Waals surface area contributed by atoms with E-state index in [1.165, 1.54) is 5.19 Å². The first kappa shape index (κ1) is 18.5. The van der Waals surface area contributed by atoms with E-state index in [1.54, 1.807) is 0 Å². The zero-order chi connectivity index (χ0) is 17.8. The van der Waals surface area contributed by atoms with Gasteiger partial charge in [-0.15, -0.1) is 0 Å². The predicted molar refractivity (Wildman–Crippen MR) is 112 cm³/mol. The summed E-state index contributed by atoms with van der Waals surface area (Å²) in [5, 5.41) is 2.51. The smallest absolute Gasteiger partial charge is 0.241 e. The maximum atomic E-state index is 6.55. The molecule has 0 aliphatic rings. The van der Waals surface area contributed by atoms with Gasteiger partial charge in [0.2, 0.25) is 8.32 Å². The zero-order valence-electron chi connectivity index (χ0n) is 15.5. The van der Waals surface area contributed by atoms with Crippen LogP contribution in [0.1, 0.15) is 5.56 Å². The molecule has 0 saturated heterocycles. The van der Waals surface area contributed by atoms with E-state index in [-0.39, 0.29) is 0 Å². The molecule has 3 heteroatoms. The van der Waals surface area contributed by atoms with Crippen LogP contribution in [0.5, 0.6) is 0 Å². The van der Waals surface area contributed by atoms with Crippen molar-refractivity contribution in [2.75, 3.05) is 0 Å². The molecule has 0 spiro atoms. The Morgan fingerprint density at radius 2 is 1.33 bits per heavy atom. The van der Waals surface area contributed by atoms with Gasteiger partial charge in [-0.3, -0.25) is 0 Å². The van der Waals surface area contributed by atoms with Crippen molar-refractivity contribution in [1.82, 2.24) is 0 Å². The van der Waals surface area contributed by atoms with Gasteiger partial charge in [0.1, 0.15) is 0 Å². The second-order valence-corrected chi connectivity index (χ2v) is 16.4. The Morgan fingerprint density at radius 1 is 0.833 bits per heavy atom. The van der Waals surface area contributed by atoms with Gasteiger partial charge in [-0.1, -0.05) is 85.5 Å². The van der Waals surface area contributed by atoms with Crippen LogP contribution in [0.25, 0.3) is 5.57 Å². The van der Waals surface area contributed by atoms with Crippen LogP contribution in [0.4, 0.5) is 0 Å². The molecule has 2 aromatic rings. The summed E-state index contributed by atoms with van der Waals surface area (Å²) < 4.78 is 6.55. The van der Waals surface area contributed by atoms with Crippen molar-refractivity contribution in [2.45, 2.75) is 32.7 Å². The van der Waals surface area contributed by atoms with Crippen molar-refractivity contribution in [3.05, 3.63) is 84.3 Å². The molecule has 24 heavy (non-hydrogen) atoms. The topological polar surface area (TPSA) is 9.23 Å². The molecule has 0 radical (unpaired) electrons. The molecule has 0 N–H and O–H groups in total. The number of hydrogen-bond acceptors (Lipinski definition) is 1. The van der Waals surface area contributed by atoms with E-state index in [0.29, 0.717) is 0 Å². The second-order valence-electron chi connectivity index (χ2n) is 7.61. The molecule has 0 aliphatic heterocycles. The van der Waals surface area contributed by atoms with Crippen LogP contribution < -0.4 is 5.19 Å². The summed E-state index contributed by atoms with van der Waals surface area (Å²) in [4.78, 5) is 0. The largest absolute Gasteiger partial charge is 0.551 e. The lowest BCUT2D eigenvalue weighted by molar-refractivity contribution is 0.454. The molecular formula is C21H28OSi2. The molecule has 0 aromatic heterocycles. The second kappa shape index (κ2) is 7.37. The minimum absolute atomic E-state index is 1.01.